The molecule has 2 amide bonds. The first-order chi connectivity index (χ1) is 12.2. The van der Waals surface area contributed by atoms with Gasteiger partial charge in [-0.3, -0.25) is 10.1 Å². The van der Waals surface area contributed by atoms with Crippen LogP contribution in [-0.2, 0) is 9.53 Å². The van der Waals surface area contributed by atoms with Crippen LogP contribution in [0.3, 0.4) is 0 Å². The SMILES string of the molecule is CC(=Cc1ccccc1)C(=O)Nc1cccc(NC(=O)OC(C)(C)C)c1. The van der Waals surface area contributed by atoms with E-state index in [4.69, 9.17) is 4.74 Å². The van der Waals surface area contributed by atoms with Crippen molar-refractivity contribution in [2.75, 3.05) is 10.6 Å². The van der Waals surface area contributed by atoms with Gasteiger partial charge in [0.15, 0.2) is 0 Å². The van der Waals surface area contributed by atoms with Gasteiger partial charge in [-0.2, -0.15) is 0 Å². The van der Waals surface area contributed by atoms with Gasteiger partial charge in [-0.1, -0.05) is 36.4 Å². The van der Waals surface area contributed by atoms with Crippen molar-refractivity contribution in [1.82, 2.24) is 0 Å². The lowest BCUT2D eigenvalue weighted by molar-refractivity contribution is -0.112. The third kappa shape index (κ3) is 6.43. The van der Waals surface area contributed by atoms with Crippen LogP contribution in [0.2, 0.25) is 0 Å². The van der Waals surface area contributed by atoms with Crippen molar-refractivity contribution in [2.24, 2.45) is 0 Å². The largest absolute Gasteiger partial charge is 0.444 e. The molecule has 2 aromatic rings. The van der Waals surface area contributed by atoms with E-state index >= 15 is 0 Å². The van der Waals surface area contributed by atoms with Gasteiger partial charge < -0.3 is 10.1 Å². The molecule has 0 atom stereocenters. The molecule has 2 N–H and O–H groups in total. The predicted molar refractivity (Wildman–Crippen MR) is 105 cm³/mol. The smallest absolute Gasteiger partial charge is 0.412 e. The van der Waals surface area contributed by atoms with Crippen molar-refractivity contribution in [3.05, 3.63) is 65.7 Å². The minimum absolute atomic E-state index is 0.205. The van der Waals surface area contributed by atoms with E-state index in [2.05, 4.69) is 10.6 Å². The normalized spacial score (nSPS) is 11.6. The molecule has 0 aliphatic rings. The summed E-state index contributed by atoms with van der Waals surface area (Å²) >= 11 is 0. The fourth-order valence-electron chi connectivity index (χ4n) is 2.19. The van der Waals surface area contributed by atoms with Crippen LogP contribution in [0.5, 0.6) is 0 Å². The number of benzene rings is 2. The molecule has 5 heteroatoms. The maximum atomic E-state index is 12.3. The van der Waals surface area contributed by atoms with Crippen LogP contribution in [0.25, 0.3) is 6.08 Å². The summed E-state index contributed by atoms with van der Waals surface area (Å²) in [5.74, 6) is -0.205. The molecule has 0 spiro atoms. The summed E-state index contributed by atoms with van der Waals surface area (Å²) < 4.78 is 5.22. The third-order valence-electron chi connectivity index (χ3n) is 3.31. The van der Waals surface area contributed by atoms with E-state index in [-0.39, 0.29) is 5.91 Å². The van der Waals surface area contributed by atoms with Gasteiger partial charge in [0.05, 0.1) is 0 Å². The van der Waals surface area contributed by atoms with Gasteiger partial charge in [-0.05, 0) is 57.5 Å². The van der Waals surface area contributed by atoms with Crippen molar-refractivity contribution in [3.8, 4) is 0 Å². The number of rotatable bonds is 4. The number of carbonyl (C=O) groups excluding carboxylic acids is 2. The first-order valence-corrected chi connectivity index (χ1v) is 8.38. The molecule has 0 saturated heterocycles. The van der Waals surface area contributed by atoms with Crippen LogP contribution < -0.4 is 10.6 Å². The number of nitrogens with one attached hydrogen (secondary N) is 2. The van der Waals surface area contributed by atoms with Crippen molar-refractivity contribution < 1.29 is 14.3 Å². The molecule has 0 aliphatic heterocycles. The highest BCUT2D eigenvalue weighted by atomic mass is 16.6. The van der Waals surface area contributed by atoms with Crippen molar-refractivity contribution in [3.63, 3.8) is 0 Å². The average molecular weight is 352 g/mol. The summed E-state index contributed by atoms with van der Waals surface area (Å²) in [7, 11) is 0. The molecule has 0 aliphatic carbocycles. The zero-order valence-corrected chi connectivity index (χ0v) is 15.5. The molecule has 26 heavy (non-hydrogen) atoms. The maximum absolute atomic E-state index is 12.3. The summed E-state index contributed by atoms with van der Waals surface area (Å²) in [5.41, 5.74) is 2.10. The Labute approximate surface area is 154 Å². The molecule has 0 aromatic heterocycles. The van der Waals surface area contributed by atoms with Gasteiger partial charge in [-0.25, -0.2) is 4.79 Å². The summed E-state index contributed by atoms with van der Waals surface area (Å²) in [6.45, 7) is 7.15. The molecule has 0 radical (unpaired) electrons. The fraction of sp³-hybridized carbons (Fsp3) is 0.238. The third-order valence-corrected chi connectivity index (χ3v) is 3.31. The molecule has 2 aromatic carbocycles. The molecular weight excluding hydrogens is 328 g/mol. The van der Waals surface area contributed by atoms with Crippen molar-refractivity contribution in [1.29, 1.82) is 0 Å². The summed E-state index contributed by atoms with van der Waals surface area (Å²) in [6, 6.07) is 16.5. The second-order valence-electron chi connectivity index (χ2n) is 6.90. The summed E-state index contributed by atoms with van der Waals surface area (Å²) in [4.78, 5) is 24.2. The van der Waals surface area contributed by atoms with E-state index in [0.717, 1.165) is 5.56 Å². The lowest BCUT2D eigenvalue weighted by Crippen LogP contribution is -2.27. The highest BCUT2D eigenvalue weighted by Gasteiger charge is 2.16. The van der Waals surface area contributed by atoms with Crippen LogP contribution in [-0.4, -0.2) is 17.6 Å². The van der Waals surface area contributed by atoms with Gasteiger partial charge in [0.25, 0.3) is 5.91 Å². The second kappa shape index (κ2) is 8.34. The molecule has 136 valence electrons. The van der Waals surface area contributed by atoms with Crippen molar-refractivity contribution in [2.45, 2.75) is 33.3 Å². The standard InChI is InChI=1S/C21H24N2O3/c1-15(13-16-9-6-5-7-10-16)19(24)22-17-11-8-12-18(14-17)23-20(25)26-21(2,3)4/h5-14H,1-4H3,(H,22,24)(H,23,25). The highest BCUT2D eigenvalue weighted by molar-refractivity contribution is 6.06. The van der Waals surface area contributed by atoms with E-state index in [9.17, 15) is 9.59 Å². The minimum Gasteiger partial charge on any atom is -0.444 e. The Hall–Kier alpha value is -3.08. The van der Waals surface area contributed by atoms with E-state index in [0.29, 0.717) is 16.9 Å². The van der Waals surface area contributed by atoms with Gasteiger partial charge >= 0.3 is 6.09 Å². The first kappa shape index (κ1) is 19.2. The van der Waals surface area contributed by atoms with Gasteiger partial charge in [-0.15, -0.1) is 0 Å². The number of anilines is 2. The number of carbonyl (C=O) groups is 2. The van der Waals surface area contributed by atoms with Gasteiger partial charge in [0, 0.05) is 16.9 Å². The Morgan fingerprint density at radius 3 is 2.15 bits per heavy atom. The average Bonchev–Trinajstić information content (AvgIpc) is 2.54. The van der Waals surface area contributed by atoms with Gasteiger partial charge in [0.2, 0.25) is 0 Å². The van der Waals surface area contributed by atoms with Crippen molar-refractivity contribution >= 4 is 29.5 Å². The maximum Gasteiger partial charge on any atom is 0.412 e. The topological polar surface area (TPSA) is 67.4 Å². The fourth-order valence-corrected chi connectivity index (χ4v) is 2.19. The Morgan fingerprint density at radius 2 is 1.54 bits per heavy atom. The zero-order valence-electron chi connectivity index (χ0n) is 15.5. The molecule has 0 fully saturated rings. The molecule has 0 saturated carbocycles. The summed E-state index contributed by atoms with van der Waals surface area (Å²) in [6.07, 6.45) is 1.28. The quantitative estimate of drug-likeness (QED) is 0.754. The zero-order chi connectivity index (χ0) is 19.2. The Bertz CT molecular complexity index is 806. The van der Waals surface area contributed by atoms with Gasteiger partial charge in [0.1, 0.15) is 5.60 Å². The second-order valence-corrected chi connectivity index (χ2v) is 6.90. The molecule has 0 heterocycles. The van der Waals surface area contributed by atoms with Crippen LogP contribution in [0.1, 0.15) is 33.3 Å². The highest BCUT2D eigenvalue weighted by Crippen LogP contribution is 2.18. The first-order valence-electron chi connectivity index (χ1n) is 8.38. The monoisotopic (exact) mass is 352 g/mol. The summed E-state index contributed by atoms with van der Waals surface area (Å²) in [5, 5.41) is 5.48. The van der Waals surface area contributed by atoms with Crippen LogP contribution in [0, 0.1) is 0 Å². The molecule has 0 bridgehead atoms. The number of hydrogen-bond donors (Lipinski definition) is 2. The van der Waals surface area contributed by atoms with Crippen LogP contribution in [0.4, 0.5) is 16.2 Å². The molecule has 2 rings (SSSR count). The van der Waals surface area contributed by atoms with E-state index in [1.54, 1.807) is 52.0 Å². The Balaban J connectivity index is 2.02. The lowest BCUT2D eigenvalue weighted by atomic mass is 10.1. The van der Waals surface area contributed by atoms with E-state index in [1.165, 1.54) is 0 Å². The van der Waals surface area contributed by atoms with Crippen LogP contribution in [0.15, 0.2) is 60.2 Å². The number of hydrogen-bond acceptors (Lipinski definition) is 3. The Kier molecular flexibility index (Phi) is 6.17. The minimum atomic E-state index is -0.574. The molecule has 0 unspecified atom stereocenters. The predicted octanol–water partition coefficient (Wildman–Crippen LogP) is 5.08. The molecular formula is C21H24N2O3. The molecule has 5 nitrogen and oxygen atoms in total. The lowest BCUT2D eigenvalue weighted by Gasteiger charge is -2.19. The Morgan fingerprint density at radius 1 is 0.923 bits per heavy atom. The number of ether oxygens (including phenoxy) is 1. The van der Waals surface area contributed by atoms with Crippen LogP contribution >= 0.6 is 0 Å². The van der Waals surface area contributed by atoms with E-state index in [1.807, 2.05) is 36.4 Å². The van der Waals surface area contributed by atoms with E-state index < -0.39 is 11.7 Å². The number of amides is 2.